The van der Waals surface area contributed by atoms with Crippen LogP contribution in [0.1, 0.15) is 42.5 Å². The van der Waals surface area contributed by atoms with E-state index in [1.54, 1.807) is 38.4 Å². The Bertz CT molecular complexity index is 455. The van der Waals surface area contributed by atoms with Crippen molar-refractivity contribution in [1.29, 1.82) is 0 Å². The molecule has 116 valence electrons. The molecule has 0 fully saturated rings. The molecule has 1 aromatic rings. The van der Waals surface area contributed by atoms with Crippen molar-refractivity contribution >= 4 is 17.5 Å². The maximum Gasteiger partial charge on any atom is 0.253 e. The van der Waals surface area contributed by atoms with Gasteiger partial charge in [-0.1, -0.05) is 12.8 Å². The van der Waals surface area contributed by atoms with Crippen LogP contribution in [0.25, 0.3) is 0 Å². The lowest BCUT2D eigenvalue weighted by Gasteiger charge is -2.11. The van der Waals surface area contributed by atoms with Crippen molar-refractivity contribution in [2.75, 3.05) is 26.0 Å². The molecule has 1 aromatic carbocycles. The maximum absolute atomic E-state index is 11.8. The van der Waals surface area contributed by atoms with Gasteiger partial charge in [-0.2, -0.15) is 0 Å². The number of rotatable bonds is 8. The van der Waals surface area contributed by atoms with E-state index in [0.717, 1.165) is 31.4 Å². The summed E-state index contributed by atoms with van der Waals surface area (Å²) in [6.07, 6.45) is 4.51. The van der Waals surface area contributed by atoms with Gasteiger partial charge < -0.3 is 16.0 Å². The Morgan fingerprint density at radius 1 is 1.05 bits per heavy atom. The van der Waals surface area contributed by atoms with Crippen molar-refractivity contribution in [2.24, 2.45) is 5.73 Å². The molecule has 0 aliphatic carbocycles. The minimum atomic E-state index is -0.0484. The number of hydrogen-bond donors (Lipinski definition) is 2. The monoisotopic (exact) mass is 291 g/mol. The van der Waals surface area contributed by atoms with Gasteiger partial charge in [0.05, 0.1) is 0 Å². The van der Waals surface area contributed by atoms with E-state index < -0.39 is 0 Å². The quantitative estimate of drug-likeness (QED) is 0.721. The highest BCUT2D eigenvalue weighted by Gasteiger charge is 2.08. The fraction of sp³-hybridized carbons (Fsp3) is 0.500. The average Bonchev–Trinajstić information content (AvgIpc) is 2.47. The predicted molar refractivity (Wildman–Crippen MR) is 85.2 cm³/mol. The summed E-state index contributed by atoms with van der Waals surface area (Å²) in [7, 11) is 3.42. The number of nitrogens with one attached hydrogen (secondary N) is 1. The van der Waals surface area contributed by atoms with Gasteiger partial charge in [0.2, 0.25) is 5.91 Å². The zero-order valence-corrected chi connectivity index (χ0v) is 12.9. The van der Waals surface area contributed by atoms with Crippen molar-refractivity contribution in [1.82, 2.24) is 4.90 Å². The molecule has 5 heteroatoms. The highest BCUT2D eigenvalue weighted by molar-refractivity contribution is 5.95. The Balaban J connectivity index is 2.38. The summed E-state index contributed by atoms with van der Waals surface area (Å²) in [5, 5.41) is 2.84. The molecule has 21 heavy (non-hydrogen) atoms. The van der Waals surface area contributed by atoms with Crippen molar-refractivity contribution in [3.8, 4) is 0 Å². The normalized spacial score (nSPS) is 10.2. The molecule has 0 spiro atoms. The summed E-state index contributed by atoms with van der Waals surface area (Å²) >= 11 is 0. The van der Waals surface area contributed by atoms with E-state index in [1.165, 1.54) is 4.90 Å². The summed E-state index contributed by atoms with van der Waals surface area (Å²) in [5.41, 5.74) is 6.75. The Morgan fingerprint density at radius 3 is 2.24 bits per heavy atom. The summed E-state index contributed by atoms with van der Waals surface area (Å²) < 4.78 is 0. The van der Waals surface area contributed by atoms with Gasteiger partial charge >= 0.3 is 0 Å². The Labute approximate surface area is 126 Å². The van der Waals surface area contributed by atoms with E-state index in [1.807, 2.05) is 0 Å². The lowest BCUT2D eigenvalue weighted by molar-refractivity contribution is -0.116. The Hall–Kier alpha value is -1.88. The van der Waals surface area contributed by atoms with Crippen molar-refractivity contribution in [3.63, 3.8) is 0 Å². The first kappa shape index (κ1) is 17.2. The number of carbonyl (C=O) groups is 2. The first-order chi connectivity index (χ1) is 10.0. The van der Waals surface area contributed by atoms with Gasteiger partial charge in [-0.05, 0) is 43.7 Å². The van der Waals surface area contributed by atoms with Gasteiger partial charge in [-0.25, -0.2) is 0 Å². The zero-order chi connectivity index (χ0) is 15.7. The largest absolute Gasteiger partial charge is 0.345 e. The third kappa shape index (κ3) is 6.40. The summed E-state index contributed by atoms with van der Waals surface area (Å²) in [4.78, 5) is 25.0. The SMILES string of the molecule is CN(C)C(=O)c1ccc(NC(=O)CCCCCCN)cc1. The maximum atomic E-state index is 11.8. The topological polar surface area (TPSA) is 75.4 Å². The second kappa shape index (κ2) is 9.13. The van der Waals surface area contributed by atoms with E-state index in [0.29, 0.717) is 18.5 Å². The van der Waals surface area contributed by atoms with Gasteiger partial charge in [0.15, 0.2) is 0 Å². The molecular formula is C16H25N3O2. The molecule has 0 radical (unpaired) electrons. The van der Waals surface area contributed by atoms with Crippen LogP contribution in [-0.2, 0) is 4.79 Å². The summed E-state index contributed by atoms with van der Waals surface area (Å²) in [6, 6.07) is 6.95. The smallest absolute Gasteiger partial charge is 0.253 e. The van der Waals surface area contributed by atoms with E-state index in [2.05, 4.69) is 5.32 Å². The van der Waals surface area contributed by atoms with Crippen LogP contribution in [0.5, 0.6) is 0 Å². The fourth-order valence-electron chi connectivity index (χ4n) is 1.96. The number of benzene rings is 1. The van der Waals surface area contributed by atoms with Crippen LogP contribution in [0.4, 0.5) is 5.69 Å². The molecule has 0 aromatic heterocycles. The summed E-state index contributed by atoms with van der Waals surface area (Å²) in [6.45, 7) is 0.713. The molecule has 0 saturated carbocycles. The van der Waals surface area contributed by atoms with E-state index in [-0.39, 0.29) is 11.8 Å². The highest BCUT2D eigenvalue weighted by atomic mass is 16.2. The van der Waals surface area contributed by atoms with Crippen LogP contribution in [0.15, 0.2) is 24.3 Å². The van der Waals surface area contributed by atoms with Crippen LogP contribution in [0, 0.1) is 0 Å². The van der Waals surface area contributed by atoms with Crippen LogP contribution in [0.3, 0.4) is 0 Å². The zero-order valence-electron chi connectivity index (χ0n) is 12.9. The second-order valence-electron chi connectivity index (χ2n) is 5.28. The molecule has 1 rings (SSSR count). The van der Waals surface area contributed by atoms with Crippen molar-refractivity contribution in [2.45, 2.75) is 32.1 Å². The Kier molecular flexibility index (Phi) is 7.46. The van der Waals surface area contributed by atoms with Crippen LogP contribution < -0.4 is 11.1 Å². The molecule has 0 bridgehead atoms. The van der Waals surface area contributed by atoms with Crippen LogP contribution in [-0.4, -0.2) is 37.4 Å². The lowest BCUT2D eigenvalue weighted by atomic mass is 10.1. The molecule has 0 heterocycles. The molecule has 0 aliphatic heterocycles. The number of amides is 2. The number of carbonyl (C=O) groups excluding carboxylic acids is 2. The van der Waals surface area contributed by atoms with Gasteiger partial charge in [-0.15, -0.1) is 0 Å². The number of anilines is 1. The van der Waals surface area contributed by atoms with E-state index in [9.17, 15) is 9.59 Å². The van der Waals surface area contributed by atoms with Gasteiger partial charge in [0.1, 0.15) is 0 Å². The first-order valence-electron chi connectivity index (χ1n) is 7.36. The average molecular weight is 291 g/mol. The Morgan fingerprint density at radius 2 is 1.67 bits per heavy atom. The number of hydrogen-bond acceptors (Lipinski definition) is 3. The van der Waals surface area contributed by atoms with Crippen LogP contribution in [0.2, 0.25) is 0 Å². The molecule has 0 aliphatic rings. The highest BCUT2D eigenvalue weighted by Crippen LogP contribution is 2.12. The van der Waals surface area contributed by atoms with Gasteiger partial charge in [0, 0.05) is 31.8 Å². The van der Waals surface area contributed by atoms with Crippen molar-refractivity contribution in [3.05, 3.63) is 29.8 Å². The number of unbranched alkanes of at least 4 members (excludes halogenated alkanes) is 3. The molecular weight excluding hydrogens is 266 g/mol. The minimum absolute atomic E-state index is 0.00874. The standard InChI is InChI=1S/C16H25N3O2/c1-19(2)16(21)13-8-10-14(11-9-13)18-15(20)7-5-3-4-6-12-17/h8-11H,3-7,12,17H2,1-2H3,(H,18,20). The molecule has 3 N–H and O–H groups in total. The molecule has 5 nitrogen and oxygen atoms in total. The first-order valence-corrected chi connectivity index (χ1v) is 7.36. The minimum Gasteiger partial charge on any atom is -0.345 e. The van der Waals surface area contributed by atoms with Crippen LogP contribution >= 0.6 is 0 Å². The number of nitrogens with two attached hydrogens (primary N) is 1. The fourth-order valence-corrected chi connectivity index (χ4v) is 1.96. The summed E-state index contributed by atoms with van der Waals surface area (Å²) in [5.74, 6) is -0.0396. The lowest BCUT2D eigenvalue weighted by Crippen LogP contribution is -2.21. The number of nitrogens with zero attached hydrogens (tertiary/aromatic N) is 1. The van der Waals surface area contributed by atoms with Crippen molar-refractivity contribution < 1.29 is 9.59 Å². The van der Waals surface area contributed by atoms with E-state index >= 15 is 0 Å². The molecule has 0 unspecified atom stereocenters. The third-order valence-corrected chi connectivity index (χ3v) is 3.18. The predicted octanol–water partition coefficient (Wildman–Crippen LogP) is 2.24. The molecule has 0 saturated heterocycles. The third-order valence-electron chi connectivity index (χ3n) is 3.18. The second-order valence-corrected chi connectivity index (χ2v) is 5.28. The molecule has 0 atom stereocenters. The molecule has 2 amide bonds. The van der Waals surface area contributed by atoms with Gasteiger partial charge in [-0.3, -0.25) is 9.59 Å². The van der Waals surface area contributed by atoms with Gasteiger partial charge in [0.25, 0.3) is 5.91 Å². The van der Waals surface area contributed by atoms with E-state index in [4.69, 9.17) is 5.73 Å².